The molecule has 176 valence electrons. The molecule has 0 saturated carbocycles. The van der Waals surface area contributed by atoms with E-state index in [-0.39, 0.29) is 30.8 Å². The number of anilines is 1. The average Bonchev–Trinajstić information content (AvgIpc) is 3.27. The lowest BCUT2D eigenvalue weighted by Crippen LogP contribution is -2.45. The van der Waals surface area contributed by atoms with Gasteiger partial charge in [-0.1, -0.05) is 24.1 Å². The van der Waals surface area contributed by atoms with Gasteiger partial charge in [-0.25, -0.2) is 9.48 Å². The summed E-state index contributed by atoms with van der Waals surface area (Å²) in [6, 6.07) is 8.26. The third-order valence-electron chi connectivity index (χ3n) is 5.40. The number of terminal acetylenes is 1. The van der Waals surface area contributed by atoms with Crippen molar-refractivity contribution in [2.24, 2.45) is 7.05 Å². The maximum absolute atomic E-state index is 13.3. The summed E-state index contributed by atoms with van der Waals surface area (Å²) in [7, 11) is 1.74. The van der Waals surface area contributed by atoms with Crippen molar-refractivity contribution in [1.82, 2.24) is 14.3 Å². The lowest BCUT2D eigenvalue weighted by Gasteiger charge is -2.27. The van der Waals surface area contributed by atoms with E-state index in [1.54, 1.807) is 51.6 Å². The van der Waals surface area contributed by atoms with Crippen LogP contribution in [0.3, 0.4) is 0 Å². The highest BCUT2D eigenvalue weighted by molar-refractivity contribution is 5.97. The van der Waals surface area contributed by atoms with Gasteiger partial charge in [0.2, 0.25) is 5.91 Å². The molecule has 3 rings (SSSR count). The molecule has 1 saturated heterocycles. The first kappa shape index (κ1) is 24.1. The molecule has 1 aromatic carbocycles. The zero-order chi connectivity index (χ0) is 24.3. The largest absolute Gasteiger partial charge is 0.444 e. The summed E-state index contributed by atoms with van der Waals surface area (Å²) in [6.45, 7) is 7.23. The summed E-state index contributed by atoms with van der Waals surface area (Å²) in [5.74, 6) is 1.91. The fourth-order valence-corrected chi connectivity index (χ4v) is 3.77. The van der Waals surface area contributed by atoms with Crippen molar-refractivity contribution in [3.63, 3.8) is 0 Å². The molecule has 2 aromatic rings. The van der Waals surface area contributed by atoms with Crippen LogP contribution in [0.15, 0.2) is 35.1 Å². The average molecular weight is 455 g/mol. The van der Waals surface area contributed by atoms with Gasteiger partial charge in [0.1, 0.15) is 23.9 Å². The summed E-state index contributed by atoms with van der Waals surface area (Å²) in [6.07, 6.45) is 4.48. The first-order chi connectivity index (χ1) is 15.5. The van der Waals surface area contributed by atoms with Crippen LogP contribution in [-0.4, -0.2) is 57.2 Å². The van der Waals surface area contributed by atoms with E-state index in [1.165, 1.54) is 9.58 Å². The lowest BCUT2D eigenvalue weighted by atomic mass is 10.1. The molecular formula is C24H30N4O5. The molecule has 1 aromatic heterocycles. The fourth-order valence-electron chi connectivity index (χ4n) is 3.77. The van der Waals surface area contributed by atoms with Crippen LogP contribution in [0, 0.1) is 19.3 Å². The summed E-state index contributed by atoms with van der Waals surface area (Å²) in [5, 5.41) is 2.74. The number of ether oxygens (including phenoxy) is 2. The number of hydrogen-bond donors (Lipinski definition) is 1. The van der Waals surface area contributed by atoms with E-state index in [0.717, 1.165) is 0 Å². The van der Waals surface area contributed by atoms with E-state index in [2.05, 4.69) is 11.2 Å². The van der Waals surface area contributed by atoms with Crippen molar-refractivity contribution in [2.45, 2.75) is 51.9 Å². The summed E-state index contributed by atoms with van der Waals surface area (Å²) >= 11 is 0. The summed E-state index contributed by atoms with van der Waals surface area (Å²) < 4.78 is 14.2. The van der Waals surface area contributed by atoms with Crippen molar-refractivity contribution in [3.8, 4) is 18.0 Å². The molecule has 0 aliphatic carbocycles. The van der Waals surface area contributed by atoms with Gasteiger partial charge in [-0.3, -0.25) is 19.2 Å². The molecule has 9 heteroatoms. The molecule has 9 nitrogen and oxygen atoms in total. The monoisotopic (exact) mass is 454 g/mol. The van der Waals surface area contributed by atoms with Crippen LogP contribution in [0.1, 0.15) is 32.9 Å². The van der Waals surface area contributed by atoms with Gasteiger partial charge in [-0.05, 0) is 39.8 Å². The molecule has 0 bridgehead atoms. The van der Waals surface area contributed by atoms with Gasteiger partial charge in [-0.15, -0.1) is 6.42 Å². The Morgan fingerprint density at radius 3 is 2.52 bits per heavy atom. The molecule has 0 unspecified atom stereocenters. The molecular weight excluding hydrogens is 424 g/mol. The smallest absolute Gasteiger partial charge is 0.411 e. The molecule has 2 amide bonds. The number of carbonyl (C=O) groups excluding carboxylic acids is 2. The number of amides is 2. The van der Waals surface area contributed by atoms with Crippen LogP contribution in [0.2, 0.25) is 0 Å². The lowest BCUT2D eigenvalue weighted by molar-refractivity contribution is -0.120. The highest BCUT2D eigenvalue weighted by Gasteiger charge is 2.42. The van der Waals surface area contributed by atoms with E-state index >= 15 is 0 Å². The minimum Gasteiger partial charge on any atom is -0.444 e. The first-order valence-corrected chi connectivity index (χ1v) is 10.7. The highest BCUT2D eigenvalue weighted by atomic mass is 16.6. The van der Waals surface area contributed by atoms with Gasteiger partial charge >= 0.3 is 6.09 Å². The molecule has 2 heterocycles. The Morgan fingerprint density at radius 2 is 1.91 bits per heavy atom. The molecule has 0 spiro atoms. The number of para-hydroxylation sites is 1. The topological polar surface area (TPSA) is 94.8 Å². The fraction of sp³-hybridized carbons (Fsp3) is 0.458. The van der Waals surface area contributed by atoms with E-state index < -0.39 is 29.7 Å². The maximum atomic E-state index is 13.3. The SMILES string of the molecule is C#CCO[C@@H]1C[C@@H](C(=O)Nc2c(C)n(C)n(-c3ccccc3)c2=O)N(C(=O)OC(C)(C)C)C1. The summed E-state index contributed by atoms with van der Waals surface area (Å²) in [5.41, 5.74) is 0.321. The Kier molecular flexibility index (Phi) is 6.98. The first-order valence-electron chi connectivity index (χ1n) is 10.7. The number of aromatic nitrogens is 2. The van der Waals surface area contributed by atoms with Crippen LogP contribution < -0.4 is 10.9 Å². The van der Waals surface area contributed by atoms with Crippen molar-refractivity contribution in [1.29, 1.82) is 0 Å². The normalized spacial score (nSPS) is 18.1. The molecule has 1 fully saturated rings. The third-order valence-corrected chi connectivity index (χ3v) is 5.40. The number of nitrogens with one attached hydrogen (secondary N) is 1. The quantitative estimate of drug-likeness (QED) is 0.701. The highest BCUT2D eigenvalue weighted by Crippen LogP contribution is 2.25. The van der Waals surface area contributed by atoms with E-state index in [9.17, 15) is 14.4 Å². The number of carbonyl (C=O) groups is 2. The Labute approximate surface area is 193 Å². The minimum absolute atomic E-state index is 0.0702. The van der Waals surface area contributed by atoms with E-state index in [4.69, 9.17) is 15.9 Å². The number of likely N-dealkylation sites (tertiary alicyclic amines) is 1. The van der Waals surface area contributed by atoms with Crippen LogP contribution in [0.25, 0.3) is 5.69 Å². The predicted molar refractivity (Wildman–Crippen MR) is 124 cm³/mol. The Bertz CT molecular complexity index is 1120. The third kappa shape index (κ3) is 5.29. The molecule has 2 atom stereocenters. The second-order valence-corrected chi connectivity index (χ2v) is 8.95. The van der Waals surface area contributed by atoms with Crippen molar-refractivity contribution in [2.75, 3.05) is 18.5 Å². The van der Waals surface area contributed by atoms with Gasteiger partial charge in [0.25, 0.3) is 5.56 Å². The molecule has 1 aliphatic heterocycles. The van der Waals surface area contributed by atoms with Gasteiger partial charge in [-0.2, -0.15) is 0 Å². The molecule has 0 radical (unpaired) electrons. The Balaban J connectivity index is 1.87. The number of hydrogen-bond acceptors (Lipinski definition) is 5. The molecule has 33 heavy (non-hydrogen) atoms. The van der Waals surface area contributed by atoms with Gasteiger partial charge < -0.3 is 14.8 Å². The standard InChI is InChI=1S/C24H30N4O5/c1-7-13-32-18-14-19(27(15-18)23(31)33-24(3,4)5)21(29)25-20-16(2)26(6)28(22(20)30)17-11-9-8-10-12-17/h1,8-12,18-19H,13-15H2,2-6H3,(H,25,29)/t18-,19+/m1/s1. The van der Waals surface area contributed by atoms with Crippen molar-refractivity contribution in [3.05, 3.63) is 46.4 Å². The Hall–Kier alpha value is -3.51. The van der Waals surface area contributed by atoms with Crippen molar-refractivity contribution < 1.29 is 19.1 Å². The summed E-state index contributed by atoms with van der Waals surface area (Å²) in [4.78, 5) is 40.5. The molecule has 1 N–H and O–H groups in total. The zero-order valence-electron chi connectivity index (χ0n) is 19.6. The second kappa shape index (κ2) is 9.55. The predicted octanol–water partition coefficient (Wildman–Crippen LogP) is 2.45. The van der Waals surface area contributed by atoms with Crippen LogP contribution in [-0.2, 0) is 21.3 Å². The number of benzene rings is 1. The number of nitrogens with zero attached hydrogens (tertiary/aromatic N) is 3. The van der Waals surface area contributed by atoms with Crippen LogP contribution in [0.5, 0.6) is 0 Å². The van der Waals surface area contributed by atoms with Gasteiger partial charge in [0.15, 0.2) is 0 Å². The zero-order valence-corrected chi connectivity index (χ0v) is 19.6. The number of rotatable bonds is 5. The minimum atomic E-state index is -0.869. The Morgan fingerprint density at radius 1 is 1.24 bits per heavy atom. The molecule has 1 aliphatic rings. The maximum Gasteiger partial charge on any atom is 0.411 e. The van der Waals surface area contributed by atoms with Crippen molar-refractivity contribution >= 4 is 17.7 Å². The van der Waals surface area contributed by atoms with E-state index in [1.807, 2.05) is 18.2 Å². The second-order valence-electron chi connectivity index (χ2n) is 8.95. The van der Waals surface area contributed by atoms with Crippen LogP contribution >= 0.6 is 0 Å². The van der Waals surface area contributed by atoms with Gasteiger partial charge in [0, 0.05) is 13.5 Å². The van der Waals surface area contributed by atoms with Gasteiger partial charge in [0.05, 0.1) is 24.0 Å². The van der Waals surface area contributed by atoms with E-state index in [0.29, 0.717) is 11.4 Å². The van der Waals surface area contributed by atoms with Crippen LogP contribution in [0.4, 0.5) is 10.5 Å².